The number of ketones is 1. The number of carbonyl (C=O) groups excluding carboxylic acids is 2. The van der Waals surface area contributed by atoms with E-state index in [0.717, 1.165) is 12.8 Å². The number of rotatable bonds is 5. The van der Waals surface area contributed by atoms with Crippen molar-refractivity contribution in [2.75, 3.05) is 0 Å². The van der Waals surface area contributed by atoms with Gasteiger partial charge in [-0.1, -0.05) is 29.8 Å². The molecular formula is C12H14O2. The average molecular weight is 190 g/mol. The van der Waals surface area contributed by atoms with Crippen LogP contribution in [-0.4, -0.2) is 12.1 Å². The summed E-state index contributed by atoms with van der Waals surface area (Å²) in [6.45, 7) is 2.04. The van der Waals surface area contributed by atoms with Gasteiger partial charge in [-0.2, -0.15) is 0 Å². The van der Waals surface area contributed by atoms with Gasteiger partial charge in [0.15, 0.2) is 12.1 Å². The molecule has 0 aliphatic heterocycles. The first-order valence-corrected chi connectivity index (χ1v) is 4.76. The molecule has 0 bridgehead atoms. The molecule has 74 valence electrons. The number of benzene rings is 1. The molecule has 0 aliphatic rings. The molecular weight excluding hydrogens is 176 g/mol. The summed E-state index contributed by atoms with van der Waals surface area (Å²) in [4.78, 5) is 20.7. The van der Waals surface area contributed by atoms with Crippen molar-refractivity contribution in [3.63, 3.8) is 0 Å². The van der Waals surface area contributed by atoms with E-state index in [1.54, 1.807) is 0 Å². The van der Waals surface area contributed by atoms with Crippen molar-refractivity contribution in [2.24, 2.45) is 0 Å². The highest BCUT2D eigenvalue weighted by atomic mass is 16.2. The Hall–Kier alpha value is -1.44. The van der Waals surface area contributed by atoms with E-state index in [9.17, 15) is 9.59 Å². The van der Waals surface area contributed by atoms with Crippen molar-refractivity contribution in [1.82, 2.24) is 0 Å². The largest absolute Gasteiger partial charge is 0.295 e. The molecule has 0 atom stereocenters. The zero-order valence-electron chi connectivity index (χ0n) is 8.32. The number of hydrogen-bond donors (Lipinski definition) is 0. The van der Waals surface area contributed by atoms with Crippen molar-refractivity contribution in [1.29, 1.82) is 0 Å². The normalized spacial score (nSPS) is 9.79. The highest BCUT2D eigenvalue weighted by molar-refractivity contribution is 6.24. The minimum Gasteiger partial charge on any atom is -0.295 e. The Morgan fingerprint density at radius 3 is 2.50 bits per heavy atom. The van der Waals surface area contributed by atoms with Gasteiger partial charge >= 0.3 is 0 Å². The average Bonchev–Trinajstić information content (AvgIpc) is 2.21. The van der Waals surface area contributed by atoms with E-state index in [2.05, 4.69) is 24.3 Å². The molecule has 14 heavy (non-hydrogen) atoms. The van der Waals surface area contributed by atoms with E-state index >= 15 is 0 Å². The van der Waals surface area contributed by atoms with E-state index < -0.39 is 0 Å². The van der Waals surface area contributed by atoms with Gasteiger partial charge in [-0.3, -0.25) is 9.59 Å². The van der Waals surface area contributed by atoms with Crippen molar-refractivity contribution < 1.29 is 9.59 Å². The highest BCUT2D eigenvalue weighted by Gasteiger charge is 1.99. The second kappa shape index (κ2) is 5.32. The summed E-state index contributed by atoms with van der Waals surface area (Å²) in [5, 5.41) is 0. The maximum absolute atomic E-state index is 10.7. The maximum Gasteiger partial charge on any atom is 0.195 e. The molecule has 1 rings (SSSR count). The van der Waals surface area contributed by atoms with Crippen LogP contribution in [-0.2, 0) is 16.0 Å². The smallest absolute Gasteiger partial charge is 0.195 e. The second-order valence-corrected chi connectivity index (χ2v) is 3.42. The Bertz CT molecular complexity index is 312. The van der Waals surface area contributed by atoms with Crippen LogP contribution >= 0.6 is 0 Å². The van der Waals surface area contributed by atoms with Gasteiger partial charge in [0.05, 0.1) is 0 Å². The fourth-order valence-corrected chi connectivity index (χ4v) is 1.28. The van der Waals surface area contributed by atoms with Crippen LogP contribution in [0, 0.1) is 6.92 Å². The molecule has 0 aromatic heterocycles. The quantitative estimate of drug-likeness (QED) is 0.526. The van der Waals surface area contributed by atoms with Crippen molar-refractivity contribution in [3.05, 3.63) is 35.4 Å². The fourth-order valence-electron chi connectivity index (χ4n) is 1.28. The standard InChI is InChI=1S/C12H14O2/c1-10-5-7-11(8-6-10)3-2-4-12(14)9-13/h5-9H,2-4H2,1H3. The molecule has 0 fully saturated rings. The van der Waals surface area contributed by atoms with Gasteiger partial charge < -0.3 is 0 Å². The van der Waals surface area contributed by atoms with Crippen LogP contribution in [0.2, 0.25) is 0 Å². The molecule has 0 spiro atoms. The fraction of sp³-hybridized carbons (Fsp3) is 0.333. The van der Waals surface area contributed by atoms with Gasteiger partial charge in [0, 0.05) is 6.42 Å². The van der Waals surface area contributed by atoms with Gasteiger partial charge in [0.2, 0.25) is 0 Å². The molecule has 0 radical (unpaired) electrons. The van der Waals surface area contributed by atoms with E-state index in [4.69, 9.17) is 0 Å². The summed E-state index contributed by atoms with van der Waals surface area (Å²) < 4.78 is 0. The van der Waals surface area contributed by atoms with Gasteiger partial charge in [0.1, 0.15) is 0 Å². The minimum absolute atomic E-state index is 0.308. The lowest BCUT2D eigenvalue weighted by atomic mass is 10.1. The van der Waals surface area contributed by atoms with Crippen LogP contribution in [0.15, 0.2) is 24.3 Å². The van der Waals surface area contributed by atoms with E-state index in [-0.39, 0.29) is 5.78 Å². The third-order valence-electron chi connectivity index (χ3n) is 2.14. The van der Waals surface area contributed by atoms with Gasteiger partial charge in [-0.05, 0) is 25.3 Å². The summed E-state index contributed by atoms with van der Waals surface area (Å²) in [6.07, 6.45) is 2.37. The molecule has 0 aliphatic carbocycles. The summed E-state index contributed by atoms with van der Waals surface area (Å²) in [5.41, 5.74) is 2.45. The Morgan fingerprint density at radius 2 is 1.93 bits per heavy atom. The van der Waals surface area contributed by atoms with Crippen LogP contribution < -0.4 is 0 Å². The van der Waals surface area contributed by atoms with Crippen molar-refractivity contribution in [2.45, 2.75) is 26.2 Å². The third-order valence-corrected chi connectivity index (χ3v) is 2.14. The lowest BCUT2D eigenvalue weighted by Crippen LogP contribution is -1.99. The lowest BCUT2D eigenvalue weighted by molar-refractivity contribution is -0.129. The van der Waals surface area contributed by atoms with Crippen LogP contribution in [0.1, 0.15) is 24.0 Å². The van der Waals surface area contributed by atoms with E-state index in [1.165, 1.54) is 11.1 Å². The van der Waals surface area contributed by atoms with Gasteiger partial charge in [0.25, 0.3) is 0 Å². The molecule has 0 saturated heterocycles. The predicted molar refractivity (Wildman–Crippen MR) is 55.2 cm³/mol. The number of Topliss-reactive ketones (excluding diaryl/α,β-unsaturated/α-hetero) is 1. The first-order chi connectivity index (χ1) is 6.72. The molecule has 0 N–H and O–H groups in total. The predicted octanol–water partition coefficient (Wildman–Crippen LogP) is 2.09. The summed E-state index contributed by atoms with van der Waals surface area (Å²) in [5.74, 6) is -0.308. The van der Waals surface area contributed by atoms with Crippen LogP contribution in [0.25, 0.3) is 0 Å². The number of aldehydes is 1. The Balaban J connectivity index is 2.35. The van der Waals surface area contributed by atoms with Gasteiger partial charge in [-0.15, -0.1) is 0 Å². The third kappa shape index (κ3) is 3.52. The zero-order chi connectivity index (χ0) is 10.4. The first kappa shape index (κ1) is 10.6. The number of hydrogen-bond acceptors (Lipinski definition) is 2. The number of carbonyl (C=O) groups is 2. The maximum atomic E-state index is 10.7. The van der Waals surface area contributed by atoms with Crippen LogP contribution in [0.5, 0.6) is 0 Å². The molecule has 2 heteroatoms. The summed E-state index contributed by atoms with van der Waals surface area (Å²) in [7, 11) is 0. The Labute approximate surface area is 83.9 Å². The minimum atomic E-state index is -0.308. The van der Waals surface area contributed by atoms with Crippen molar-refractivity contribution in [3.8, 4) is 0 Å². The SMILES string of the molecule is Cc1ccc(CCCC(=O)C=O)cc1. The van der Waals surface area contributed by atoms with Crippen LogP contribution in [0.4, 0.5) is 0 Å². The highest BCUT2D eigenvalue weighted by Crippen LogP contribution is 2.06. The van der Waals surface area contributed by atoms with E-state index in [1.807, 2.05) is 6.92 Å². The molecule has 0 unspecified atom stereocenters. The monoisotopic (exact) mass is 190 g/mol. The number of aryl methyl sites for hydroxylation is 2. The molecule has 1 aromatic rings. The topological polar surface area (TPSA) is 34.1 Å². The van der Waals surface area contributed by atoms with Crippen LogP contribution in [0.3, 0.4) is 0 Å². The molecule has 0 amide bonds. The molecule has 1 aromatic carbocycles. The zero-order valence-corrected chi connectivity index (χ0v) is 8.32. The lowest BCUT2D eigenvalue weighted by Gasteiger charge is -1.99. The van der Waals surface area contributed by atoms with Gasteiger partial charge in [-0.25, -0.2) is 0 Å². The first-order valence-electron chi connectivity index (χ1n) is 4.76. The Morgan fingerprint density at radius 1 is 1.29 bits per heavy atom. The summed E-state index contributed by atoms with van der Waals surface area (Å²) in [6, 6.07) is 8.22. The summed E-state index contributed by atoms with van der Waals surface area (Å²) >= 11 is 0. The van der Waals surface area contributed by atoms with Crippen molar-refractivity contribution >= 4 is 12.1 Å². The van der Waals surface area contributed by atoms with E-state index in [0.29, 0.717) is 12.7 Å². The molecule has 0 saturated carbocycles. The molecule has 0 heterocycles. The molecule has 2 nitrogen and oxygen atoms in total. The Kier molecular flexibility index (Phi) is 4.05. The second-order valence-electron chi connectivity index (χ2n) is 3.42.